The lowest BCUT2D eigenvalue weighted by Crippen LogP contribution is -2.39. The Balaban J connectivity index is 1.39. The molecule has 0 radical (unpaired) electrons. The van der Waals surface area contributed by atoms with E-state index in [0.717, 1.165) is 19.8 Å². The Bertz CT molecular complexity index is 436. The highest BCUT2D eigenvalue weighted by Crippen LogP contribution is 2.24. The van der Waals surface area contributed by atoms with Gasteiger partial charge < -0.3 is 14.4 Å². The molecule has 0 aliphatic carbocycles. The Labute approximate surface area is 141 Å². The predicted molar refractivity (Wildman–Crippen MR) is 93.8 cm³/mol. The van der Waals surface area contributed by atoms with Gasteiger partial charge in [-0.05, 0) is 37.2 Å². The first-order valence-corrected chi connectivity index (χ1v) is 9.31. The van der Waals surface area contributed by atoms with Gasteiger partial charge in [0.15, 0.2) is 0 Å². The van der Waals surface area contributed by atoms with Gasteiger partial charge in [0.25, 0.3) is 0 Å². The van der Waals surface area contributed by atoms with E-state index in [1.165, 1.54) is 50.9 Å². The molecule has 2 aliphatic heterocycles. The van der Waals surface area contributed by atoms with Gasteiger partial charge in [0.1, 0.15) is 0 Å². The molecule has 1 aromatic rings. The zero-order chi connectivity index (χ0) is 15.9. The van der Waals surface area contributed by atoms with Gasteiger partial charge in [0.2, 0.25) is 0 Å². The van der Waals surface area contributed by atoms with Gasteiger partial charge in [-0.3, -0.25) is 0 Å². The Kier molecular flexibility index (Phi) is 6.49. The second-order valence-corrected chi connectivity index (χ2v) is 7.08. The second kappa shape index (κ2) is 8.81. The van der Waals surface area contributed by atoms with Gasteiger partial charge >= 0.3 is 0 Å². The maximum Gasteiger partial charge on any atom is 0.0599 e. The van der Waals surface area contributed by atoms with Crippen LogP contribution in [0.3, 0.4) is 0 Å². The lowest BCUT2D eigenvalue weighted by molar-refractivity contribution is -0.0112. The maximum absolute atomic E-state index is 6.12. The molecule has 2 aliphatic rings. The van der Waals surface area contributed by atoms with Crippen molar-refractivity contribution >= 4 is 0 Å². The summed E-state index contributed by atoms with van der Waals surface area (Å²) in [5, 5.41) is 0. The van der Waals surface area contributed by atoms with Crippen LogP contribution < -0.4 is 0 Å². The van der Waals surface area contributed by atoms with Gasteiger partial charge in [0, 0.05) is 32.2 Å². The van der Waals surface area contributed by atoms with Crippen LogP contribution in [-0.2, 0) is 9.47 Å². The van der Waals surface area contributed by atoms with Crippen molar-refractivity contribution in [3.63, 3.8) is 0 Å². The number of rotatable bonds is 7. The zero-order valence-electron chi connectivity index (χ0n) is 14.5. The molecule has 0 N–H and O–H groups in total. The summed E-state index contributed by atoms with van der Waals surface area (Å²) in [4.78, 5) is 2.62. The van der Waals surface area contributed by atoms with Gasteiger partial charge in [-0.2, -0.15) is 0 Å². The molecule has 0 unspecified atom stereocenters. The Morgan fingerprint density at radius 3 is 2.61 bits per heavy atom. The van der Waals surface area contributed by atoms with Crippen molar-refractivity contribution in [3.8, 4) is 0 Å². The molecule has 2 saturated heterocycles. The molecule has 128 valence electrons. The predicted octanol–water partition coefficient (Wildman–Crippen LogP) is 3.70. The van der Waals surface area contributed by atoms with Gasteiger partial charge in [-0.15, -0.1) is 0 Å². The summed E-state index contributed by atoms with van der Waals surface area (Å²) in [5.41, 5.74) is 1.48. The molecule has 2 heterocycles. The summed E-state index contributed by atoms with van der Waals surface area (Å²) in [6, 6.07) is 11.0. The lowest BCUT2D eigenvalue weighted by Gasteiger charge is -2.34. The molecule has 3 nitrogen and oxygen atoms in total. The highest BCUT2D eigenvalue weighted by Gasteiger charge is 2.24. The van der Waals surface area contributed by atoms with E-state index in [2.05, 4.69) is 42.2 Å². The van der Waals surface area contributed by atoms with Crippen molar-refractivity contribution in [3.05, 3.63) is 35.9 Å². The second-order valence-electron chi connectivity index (χ2n) is 7.08. The van der Waals surface area contributed by atoms with Crippen molar-refractivity contribution in [1.29, 1.82) is 0 Å². The molecular formula is C20H31NO2. The number of likely N-dealkylation sites (tertiary alicyclic amines) is 1. The molecule has 2 fully saturated rings. The molecule has 0 saturated carbocycles. The Hall–Kier alpha value is -0.900. The van der Waals surface area contributed by atoms with Crippen LogP contribution in [0.4, 0.5) is 0 Å². The van der Waals surface area contributed by atoms with Gasteiger partial charge in [-0.25, -0.2) is 0 Å². The van der Waals surface area contributed by atoms with Gasteiger partial charge in [0.05, 0.1) is 19.3 Å². The summed E-state index contributed by atoms with van der Waals surface area (Å²) < 4.78 is 11.5. The van der Waals surface area contributed by atoms with Crippen LogP contribution in [0.15, 0.2) is 30.3 Å². The smallest absolute Gasteiger partial charge is 0.0599 e. The summed E-state index contributed by atoms with van der Waals surface area (Å²) >= 11 is 0. The van der Waals surface area contributed by atoms with Crippen molar-refractivity contribution in [2.24, 2.45) is 5.92 Å². The quantitative estimate of drug-likeness (QED) is 0.765. The van der Waals surface area contributed by atoms with Crippen molar-refractivity contribution in [1.82, 2.24) is 4.90 Å². The average molecular weight is 317 g/mol. The fraction of sp³-hybridized carbons (Fsp3) is 0.700. The van der Waals surface area contributed by atoms with E-state index >= 15 is 0 Å². The summed E-state index contributed by atoms with van der Waals surface area (Å²) in [6.07, 6.45) is 5.21. The number of nitrogens with zero attached hydrogens (tertiary/aromatic N) is 1. The highest BCUT2D eigenvalue weighted by molar-refractivity contribution is 5.19. The molecule has 3 rings (SSSR count). The molecule has 0 spiro atoms. The fourth-order valence-corrected chi connectivity index (χ4v) is 3.75. The van der Waals surface area contributed by atoms with Crippen molar-refractivity contribution < 1.29 is 9.47 Å². The topological polar surface area (TPSA) is 21.7 Å². The summed E-state index contributed by atoms with van der Waals surface area (Å²) in [6.45, 7) is 8.55. The molecule has 0 aromatic heterocycles. The van der Waals surface area contributed by atoms with Crippen LogP contribution in [-0.4, -0.2) is 50.5 Å². The van der Waals surface area contributed by atoms with Gasteiger partial charge in [-0.1, -0.05) is 37.3 Å². The molecule has 3 heteroatoms. The van der Waals surface area contributed by atoms with Crippen molar-refractivity contribution in [2.75, 3.05) is 39.5 Å². The third kappa shape index (κ3) is 5.03. The third-order valence-electron chi connectivity index (χ3n) is 5.37. The molecule has 1 aromatic carbocycles. The number of hydrogen-bond donors (Lipinski definition) is 0. The fourth-order valence-electron chi connectivity index (χ4n) is 3.75. The first-order chi connectivity index (χ1) is 11.3. The van der Waals surface area contributed by atoms with E-state index in [1.807, 2.05) is 0 Å². The van der Waals surface area contributed by atoms with E-state index in [9.17, 15) is 0 Å². The third-order valence-corrected chi connectivity index (χ3v) is 5.37. The van der Waals surface area contributed by atoms with Crippen LogP contribution in [0.1, 0.15) is 44.1 Å². The van der Waals surface area contributed by atoms with E-state index < -0.39 is 0 Å². The number of ether oxygens (including phenoxy) is 2. The molecular weight excluding hydrogens is 286 g/mol. The van der Waals surface area contributed by atoms with Crippen LogP contribution in [0.2, 0.25) is 0 Å². The number of benzene rings is 1. The van der Waals surface area contributed by atoms with Crippen LogP contribution in [0.25, 0.3) is 0 Å². The van der Waals surface area contributed by atoms with E-state index in [1.54, 1.807) is 0 Å². The number of hydrogen-bond acceptors (Lipinski definition) is 3. The normalized spacial score (nSPS) is 24.8. The zero-order valence-corrected chi connectivity index (χ0v) is 14.5. The molecule has 23 heavy (non-hydrogen) atoms. The largest absolute Gasteiger partial charge is 0.381 e. The number of piperidine rings is 1. The monoisotopic (exact) mass is 317 g/mol. The molecule has 2 atom stereocenters. The summed E-state index contributed by atoms with van der Waals surface area (Å²) in [7, 11) is 0. The minimum atomic E-state index is 0.462. The SMILES string of the molecule is CC[C@H](CN1CCC(OC[C@@H]2CCOC2)CC1)c1ccccc1. The summed E-state index contributed by atoms with van der Waals surface area (Å²) in [5.74, 6) is 1.29. The van der Waals surface area contributed by atoms with E-state index in [0.29, 0.717) is 17.9 Å². The lowest BCUT2D eigenvalue weighted by atomic mass is 9.95. The minimum Gasteiger partial charge on any atom is -0.381 e. The molecule has 0 bridgehead atoms. The van der Waals surface area contributed by atoms with E-state index in [-0.39, 0.29) is 0 Å². The Morgan fingerprint density at radius 1 is 1.17 bits per heavy atom. The first-order valence-electron chi connectivity index (χ1n) is 9.31. The van der Waals surface area contributed by atoms with Crippen LogP contribution in [0, 0.1) is 5.92 Å². The maximum atomic E-state index is 6.12. The molecule has 0 amide bonds. The highest BCUT2D eigenvalue weighted by atomic mass is 16.5. The van der Waals surface area contributed by atoms with E-state index in [4.69, 9.17) is 9.47 Å². The minimum absolute atomic E-state index is 0.462. The first kappa shape index (κ1) is 16.9. The van der Waals surface area contributed by atoms with Crippen molar-refractivity contribution in [2.45, 2.75) is 44.6 Å². The standard InChI is InChI=1S/C20H31NO2/c1-2-18(19-6-4-3-5-7-19)14-21-11-8-20(9-12-21)23-16-17-10-13-22-15-17/h3-7,17-18,20H,2,8-16H2,1H3/t17-,18-/m1/s1. The average Bonchev–Trinajstić information content (AvgIpc) is 3.13. The Morgan fingerprint density at radius 2 is 1.96 bits per heavy atom. The van der Waals surface area contributed by atoms with Crippen LogP contribution in [0.5, 0.6) is 0 Å². The van der Waals surface area contributed by atoms with Crippen LogP contribution >= 0.6 is 0 Å².